The van der Waals surface area contributed by atoms with E-state index in [0.29, 0.717) is 55.9 Å². The van der Waals surface area contributed by atoms with Gasteiger partial charge in [0.25, 0.3) is 0 Å². The fourth-order valence-electron chi connectivity index (χ4n) is 5.67. The van der Waals surface area contributed by atoms with E-state index in [2.05, 4.69) is 58.3 Å². The fraction of sp³-hybridized carbons (Fsp3) is 0.471. The number of hydrogen-bond acceptors (Lipinski definition) is 12. The quantitative estimate of drug-likeness (QED) is 0.336. The molecule has 4 aliphatic heterocycles. The van der Waals surface area contributed by atoms with E-state index in [-0.39, 0.29) is 24.0 Å². The summed E-state index contributed by atoms with van der Waals surface area (Å²) >= 11 is 0. The first kappa shape index (κ1) is 35.2. The number of piperidine rings is 1. The molecule has 4 fully saturated rings. The van der Waals surface area contributed by atoms with Gasteiger partial charge in [0.1, 0.15) is 30.9 Å². The fourth-order valence-corrected chi connectivity index (χ4v) is 5.67. The minimum absolute atomic E-state index is 0.0228. The number of nitrogens with zero attached hydrogens (tertiary/aromatic N) is 7. The van der Waals surface area contributed by atoms with Crippen molar-refractivity contribution in [1.29, 1.82) is 5.26 Å². The lowest BCUT2D eigenvalue weighted by molar-refractivity contribution is -0.121. The van der Waals surface area contributed by atoms with E-state index in [9.17, 15) is 19.2 Å². The average molecular weight is 676 g/mol. The number of ether oxygens (including phenoxy) is 3. The molecule has 2 N–H and O–H groups in total. The summed E-state index contributed by atoms with van der Waals surface area (Å²) in [5.41, 5.74) is 2.88. The van der Waals surface area contributed by atoms with Crippen molar-refractivity contribution in [2.24, 2.45) is 0 Å². The molecule has 5 heterocycles. The zero-order chi connectivity index (χ0) is 34.6. The number of carbonyl (C=O) groups excluding carboxylic acids is 2. The minimum Gasteiger partial charge on any atom is -0.486 e. The number of aromatic nitrogens is 3. The van der Waals surface area contributed by atoms with Crippen LogP contribution in [0, 0.1) is 11.3 Å². The highest BCUT2D eigenvalue weighted by Crippen LogP contribution is 2.29. The van der Waals surface area contributed by atoms with Gasteiger partial charge in [0, 0.05) is 56.1 Å². The monoisotopic (exact) mass is 675 g/mol. The largest absolute Gasteiger partial charge is 0.486 e. The zero-order valence-corrected chi connectivity index (χ0v) is 27.8. The molecule has 0 radical (unpaired) electrons. The van der Waals surface area contributed by atoms with Crippen molar-refractivity contribution < 1.29 is 28.2 Å². The molecule has 2 atom stereocenters. The van der Waals surface area contributed by atoms with E-state index < -0.39 is 12.3 Å². The number of hydrogen-bond donors (Lipinski definition) is 2. The molecule has 0 saturated carbocycles. The lowest BCUT2D eigenvalue weighted by atomic mass is 10.1. The second kappa shape index (κ2) is 17.4. The van der Waals surface area contributed by atoms with E-state index in [4.69, 9.17) is 9.47 Å². The molecule has 2 amide bonds. The number of likely N-dealkylation sites (tertiary alicyclic amines) is 1. The maximum atomic E-state index is 14.5. The third-order valence-electron chi connectivity index (χ3n) is 8.41. The van der Waals surface area contributed by atoms with Gasteiger partial charge < -0.3 is 34.6 Å². The van der Waals surface area contributed by atoms with Crippen molar-refractivity contribution in [3.63, 3.8) is 0 Å². The van der Waals surface area contributed by atoms with E-state index in [0.717, 1.165) is 45.1 Å². The number of cyclic esters (lactones) is 1. The van der Waals surface area contributed by atoms with Gasteiger partial charge in [-0.05, 0) is 42.5 Å². The SMILES string of the molecule is CC.N#Cc1cc(-c2ncnc(Nc3ccc(N4CCN(C5COC5)CC4)cc3)n2)ccc1OC1CCN(C=O)CC1F.O=C1NCCO1. The second-order valence-corrected chi connectivity index (χ2v) is 11.5. The van der Waals surface area contributed by atoms with Crippen molar-refractivity contribution in [3.05, 3.63) is 54.4 Å². The van der Waals surface area contributed by atoms with Crippen molar-refractivity contribution in [1.82, 2.24) is 30.1 Å². The highest BCUT2D eigenvalue weighted by molar-refractivity contribution is 5.68. The number of nitrogens with one attached hydrogen (secondary N) is 2. The Labute approximate surface area is 285 Å². The number of anilines is 3. The van der Waals surface area contributed by atoms with Gasteiger partial charge in [0.05, 0.1) is 37.9 Å². The van der Waals surface area contributed by atoms with Gasteiger partial charge in [0.15, 0.2) is 12.0 Å². The van der Waals surface area contributed by atoms with Crippen LogP contribution >= 0.6 is 0 Å². The van der Waals surface area contributed by atoms with Gasteiger partial charge in [-0.1, -0.05) is 13.8 Å². The molecule has 2 aromatic carbocycles. The third kappa shape index (κ3) is 9.30. The Morgan fingerprint density at radius 2 is 1.86 bits per heavy atom. The van der Waals surface area contributed by atoms with Crippen molar-refractivity contribution in [3.8, 4) is 23.2 Å². The molecule has 0 spiro atoms. The van der Waals surface area contributed by atoms with Crippen molar-refractivity contribution in [2.75, 3.05) is 75.9 Å². The summed E-state index contributed by atoms with van der Waals surface area (Å²) in [7, 11) is 0. The molecule has 4 saturated heterocycles. The Morgan fingerprint density at radius 1 is 1.08 bits per heavy atom. The van der Waals surface area contributed by atoms with Crippen LogP contribution in [0.15, 0.2) is 48.8 Å². The number of halogens is 1. The summed E-state index contributed by atoms with van der Waals surface area (Å²) in [6, 6.07) is 15.9. The predicted octanol–water partition coefficient (Wildman–Crippen LogP) is 3.37. The standard InChI is InChI=1S/C29H31FN8O3.C3H5NO2.C2H6/c30-25-15-36(19-39)8-7-27(25)41-26-6-1-20(13-21(26)14-31)28-32-18-33-29(35-28)34-22-2-4-23(5-3-22)37-9-11-38(12-10-37)24-16-40-17-24;5-3-4-1-2-6-3;1-2/h1-6,13,18-19,24-25,27H,7-12,15-17H2,(H,32,33,34,35);1-2H2,(H,4,5);1-2H3. The van der Waals surface area contributed by atoms with Crippen LogP contribution in [-0.2, 0) is 14.3 Å². The zero-order valence-electron chi connectivity index (χ0n) is 27.8. The molecule has 3 aromatic rings. The highest BCUT2D eigenvalue weighted by atomic mass is 19.1. The van der Waals surface area contributed by atoms with E-state index in [1.54, 1.807) is 18.2 Å². The third-order valence-corrected chi connectivity index (χ3v) is 8.41. The highest BCUT2D eigenvalue weighted by Gasteiger charge is 2.31. The molecule has 4 aliphatic rings. The average Bonchev–Trinajstić information content (AvgIpc) is 3.61. The number of piperazine rings is 1. The number of benzene rings is 2. The van der Waals surface area contributed by atoms with Gasteiger partial charge >= 0.3 is 6.09 Å². The number of alkyl carbamates (subject to hydrolysis) is 1. The Hall–Kier alpha value is -5.07. The van der Waals surface area contributed by atoms with E-state index >= 15 is 0 Å². The molecule has 2 unspecified atom stereocenters. The van der Waals surface area contributed by atoms with Crippen LogP contribution < -0.4 is 20.3 Å². The van der Waals surface area contributed by atoms with Crippen LogP contribution in [0.2, 0.25) is 0 Å². The first-order valence-electron chi connectivity index (χ1n) is 16.6. The lowest BCUT2D eigenvalue weighted by Gasteiger charge is -2.43. The van der Waals surface area contributed by atoms with E-state index in [1.807, 2.05) is 26.0 Å². The maximum Gasteiger partial charge on any atom is 0.407 e. The molecule has 260 valence electrons. The summed E-state index contributed by atoms with van der Waals surface area (Å²) < 4.78 is 30.1. The maximum absolute atomic E-state index is 14.5. The number of nitriles is 1. The molecule has 15 heteroatoms. The van der Waals surface area contributed by atoms with Gasteiger partial charge in [-0.2, -0.15) is 10.2 Å². The molecule has 0 bridgehead atoms. The van der Waals surface area contributed by atoms with E-state index in [1.165, 1.54) is 16.9 Å². The molecule has 49 heavy (non-hydrogen) atoms. The van der Waals surface area contributed by atoms with Gasteiger partial charge in [-0.25, -0.2) is 19.2 Å². The number of carbonyl (C=O) groups is 2. The van der Waals surface area contributed by atoms with Gasteiger partial charge in [-0.3, -0.25) is 9.69 Å². The Bertz CT molecular complexity index is 1570. The minimum atomic E-state index is -1.33. The van der Waals surface area contributed by atoms with Crippen LogP contribution in [-0.4, -0.2) is 121 Å². The second-order valence-electron chi connectivity index (χ2n) is 11.5. The normalized spacial score (nSPS) is 20.6. The van der Waals surface area contributed by atoms with Crippen molar-refractivity contribution in [2.45, 2.75) is 38.6 Å². The smallest absolute Gasteiger partial charge is 0.407 e. The summed E-state index contributed by atoms with van der Waals surface area (Å²) in [6.07, 6.45) is 0.0505. The molecule has 7 rings (SSSR count). The first-order chi connectivity index (χ1) is 24.0. The van der Waals surface area contributed by atoms with Gasteiger partial charge in [-0.15, -0.1) is 0 Å². The molecule has 1 aromatic heterocycles. The predicted molar refractivity (Wildman–Crippen MR) is 180 cm³/mol. The molecular formula is C34H42FN9O5. The number of amides is 2. The van der Waals surface area contributed by atoms with Crippen LogP contribution in [0.25, 0.3) is 11.4 Å². The molecule has 14 nitrogen and oxygen atoms in total. The summed E-state index contributed by atoms with van der Waals surface area (Å²) in [5.74, 6) is 1.05. The summed E-state index contributed by atoms with van der Waals surface area (Å²) in [6.45, 7) is 11.3. The Kier molecular flexibility index (Phi) is 12.5. The number of rotatable bonds is 8. The van der Waals surface area contributed by atoms with Crippen LogP contribution in [0.4, 0.5) is 26.5 Å². The van der Waals surface area contributed by atoms with Gasteiger partial charge in [0.2, 0.25) is 12.4 Å². The topological polar surface area (TPSA) is 158 Å². The van der Waals surface area contributed by atoms with Crippen LogP contribution in [0.5, 0.6) is 5.75 Å². The number of alkyl halides is 1. The van der Waals surface area contributed by atoms with Crippen molar-refractivity contribution >= 4 is 29.8 Å². The molecule has 0 aliphatic carbocycles. The van der Waals surface area contributed by atoms with Crippen LogP contribution in [0.3, 0.4) is 0 Å². The lowest BCUT2D eigenvalue weighted by Crippen LogP contribution is -2.56. The summed E-state index contributed by atoms with van der Waals surface area (Å²) in [5, 5.41) is 15.4. The first-order valence-corrected chi connectivity index (χ1v) is 16.6. The Balaban J connectivity index is 0.000000522. The van der Waals surface area contributed by atoms with Crippen LogP contribution in [0.1, 0.15) is 25.8 Å². The Morgan fingerprint density at radius 3 is 2.45 bits per heavy atom. The molecular weight excluding hydrogens is 633 g/mol. The summed E-state index contributed by atoms with van der Waals surface area (Å²) in [4.78, 5) is 40.2.